The van der Waals surface area contributed by atoms with Crippen LogP contribution in [0, 0.1) is 6.92 Å². The van der Waals surface area contributed by atoms with Crippen molar-refractivity contribution in [2.75, 3.05) is 19.0 Å². The summed E-state index contributed by atoms with van der Waals surface area (Å²) in [5.74, 6) is 1.24. The van der Waals surface area contributed by atoms with E-state index < -0.39 is 0 Å². The number of methoxy groups -OCH3 is 1. The van der Waals surface area contributed by atoms with E-state index in [4.69, 9.17) is 13.9 Å². The average molecular weight is 442 g/mol. The molecule has 0 radical (unpaired) electrons. The maximum absolute atomic E-state index is 12.7. The van der Waals surface area contributed by atoms with Gasteiger partial charge in [0.25, 0.3) is 0 Å². The molecule has 0 atom stereocenters. The zero-order valence-corrected chi connectivity index (χ0v) is 19.3. The molecule has 1 aromatic heterocycles. The molecule has 4 rings (SSSR count). The van der Waals surface area contributed by atoms with Crippen molar-refractivity contribution in [3.8, 4) is 22.6 Å². The van der Waals surface area contributed by atoms with Crippen LogP contribution in [0.15, 0.2) is 77.4 Å². The van der Waals surface area contributed by atoms with Gasteiger partial charge in [0, 0.05) is 39.9 Å². The summed E-state index contributed by atoms with van der Waals surface area (Å²) in [5, 5.41) is 3.88. The van der Waals surface area contributed by atoms with Gasteiger partial charge in [-0.25, -0.2) is 0 Å². The van der Waals surface area contributed by atoms with Gasteiger partial charge in [-0.2, -0.15) is 0 Å². The van der Waals surface area contributed by atoms with Crippen molar-refractivity contribution in [1.82, 2.24) is 0 Å². The summed E-state index contributed by atoms with van der Waals surface area (Å²) in [6.07, 6.45) is 3.32. The van der Waals surface area contributed by atoms with Crippen LogP contribution in [0.3, 0.4) is 0 Å². The molecule has 3 aromatic carbocycles. The molecule has 0 spiro atoms. The van der Waals surface area contributed by atoms with E-state index in [0.29, 0.717) is 17.9 Å². The largest absolute Gasteiger partial charge is 0.496 e. The number of carbonyl (C=O) groups excluding carboxylic acids is 1. The molecule has 0 aliphatic heterocycles. The molecular weight excluding hydrogens is 414 g/mol. The van der Waals surface area contributed by atoms with Crippen LogP contribution in [0.4, 0.5) is 5.69 Å². The normalized spacial score (nSPS) is 11.5. The van der Waals surface area contributed by atoms with Crippen LogP contribution in [0.1, 0.15) is 25.0 Å². The summed E-state index contributed by atoms with van der Waals surface area (Å²) in [5.41, 5.74) is 5.99. The van der Waals surface area contributed by atoms with E-state index in [0.717, 1.165) is 44.7 Å². The Bertz CT molecular complexity index is 1330. The molecule has 168 valence electrons. The van der Waals surface area contributed by atoms with Crippen molar-refractivity contribution < 1.29 is 18.7 Å². The lowest BCUT2D eigenvalue weighted by atomic mass is 9.98. The van der Waals surface area contributed by atoms with Crippen molar-refractivity contribution >= 4 is 28.1 Å². The number of aryl methyl sites for hydroxylation is 1. The maximum Gasteiger partial charge on any atom is 0.248 e. The molecule has 0 saturated heterocycles. The Kier molecular flexibility index (Phi) is 6.50. The zero-order chi connectivity index (χ0) is 23.4. The molecule has 1 heterocycles. The van der Waals surface area contributed by atoms with Gasteiger partial charge in [0.15, 0.2) is 0 Å². The molecule has 0 saturated carbocycles. The number of hydrogen-bond donors (Lipinski definition) is 1. The van der Waals surface area contributed by atoms with Crippen LogP contribution in [0.25, 0.3) is 27.7 Å². The zero-order valence-electron chi connectivity index (χ0n) is 19.3. The van der Waals surface area contributed by atoms with Crippen LogP contribution in [-0.2, 0) is 4.79 Å². The lowest BCUT2D eigenvalue weighted by Crippen LogP contribution is -2.09. The lowest BCUT2D eigenvalue weighted by Gasteiger charge is -2.12. The molecule has 0 aliphatic rings. The average Bonchev–Trinajstić information content (AvgIpc) is 3.22. The first kappa shape index (κ1) is 22.2. The first-order valence-corrected chi connectivity index (χ1v) is 10.9. The van der Waals surface area contributed by atoms with Gasteiger partial charge in [-0.1, -0.05) is 36.4 Å². The number of nitrogens with one attached hydrogen (secondary N) is 1. The van der Waals surface area contributed by atoms with E-state index in [1.807, 2.05) is 81.4 Å². The minimum absolute atomic E-state index is 0.193. The SMILES string of the molecule is CCOc1cc2occ(-c3ccccc3OC)c2cc1/C(C)=C/C(=O)Nc1ccccc1C. The van der Waals surface area contributed by atoms with Crippen molar-refractivity contribution in [2.45, 2.75) is 20.8 Å². The molecule has 5 nitrogen and oxygen atoms in total. The first-order chi connectivity index (χ1) is 16.0. The number of amides is 1. The summed E-state index contributed by atoms with van der Waals surface area (Å²) >= 11 is 0. The first-order valence-electron chi connectivity index (χ1n) is 10.9. The van der Waals surface area contributed by atoms with Crippen molar-refractivity contribution in [1.29, 1.82) is 0 Å². The second kappa shape index (κ2) is 9.65. The number of rotatable bonds is 7. The molecule has 4 aromatic rings. The van der Waals surface area contributed by atoms with Crippen molar-refractivity contribution in [3.63, 3.8) is 0 Å². The fourth-order valence-corrected chi connectivity index (χ4v) is 3.87. The predicted octanol–water partition coefficient (Wildman–Crippen LogP) is 6.86. The molecule has 1 amide bonds. The minimum Gasteiger partial charge on any atom is -0.496 e. The highest BCUT2D eigenvalue weighted by molar-refractivity contribution is 6.05. The van der Waals surface area contributed by atoms with Crippen LogP contribution < -0.4 is 14.8 Å². The Morgan fingerprint density at radius 2 is 1.79 bits per heavy atom. The number of hydrogen-bond acceptors (Lipinski definition) is 4. The van der Waals surface area contributed by atoms with Crippen LogP contribution >= 0.6 is 0 Å². The van der Waals surface area contributed by atoms with E-state index in [1.165, 1.54) is 0 Å². The fourth-order valence-electron chi connectivity index (χ4n) is 3.87. The molecule has 0 aliphatic carbocycles. The van der Waals surface area contributed by atoms with Gasteiger partial charge in [-0.05, 0) is 50.1 Å². The number of anilines is 1. The molecule has 1 N–H and O–H groups in total. The van der Waals surface area contributed by atoms with E-state index in [2.05, 4.69) is 5.32 Å². The molecule has 0 bridgehead atoms. The van der Waals surface area contributed by atoms with Gasteiger partial charge in [-0.3, -0.25) is 4.79 Å². The minimum atomic E-state index is -0.193. The monoisotopic (exact) mass is 441 g/mol. The third-order valence-corrected chi connectivity index (χ3v) is 5.55. The van der Waals surface area contributed by atoms with Gasteiger partial charge in [0.1, 0.15) is 17.1 Å². The lowest BCUT2D eigenvalue weighted by molar-refractivity contribution is -0.111. The highest BCUT2D eigenvalue weighted by Crippen LogP contribution is 2.40. The van der Waals surface area contributed by atoms with E-state index >= 15 is 0 Å². The number of furan rings is 1. The topological polar surface area (TPSA) is 60.7 Å². The molecule has 33 heavy (non-hydrogen) atoms. The van der Waals surface area contributed by atoms with Gasteiger partial charge in [-0.15, -0.1) is 0 Å². The quantitative estimate of drug-likeness (QED) is 0.318. The summed E-state index contributed by atoms with van der Waals surface area (Å²) in [4.78, 5) is 12.7. The number of benzene rings is 3. The fraction of sp³-hybridized carbons (Fsp3) is 0.179. The van der Waals surface area contributed by atoms with Crippen molar-refractivity contribution in [3.05, 3.63) is 84.1 Å². The van der Waals surface area contributed by atoms with Crippen LogP contribution in [-0.4, -0.2) is 19.6 Å². The van der Waals surface area contributed by atoms with E-state index in [-0.39, 0.29) is 5.91 Å². The highest BCUT2D eigenvalue weighted by Gasteiger charge is 2.17. The number of fused-ring (bicyclic) bond motifs is 1. The van der Waals surface area contributed by atoms with E-state index in [1.54, 1.807) is 19.4 Å². The summed E-state index contributed by atoms with van der Waals surface area (Å²) in [6.45, 7) is 6.30. The molecular formula is C28H27NO4. The van der Waals surface area contributed by atoms with Gasteiger partial charge in [0.05, 0.1) is 20.0 Å². The number of carbonyl (C=O) groups is 1. The summed E-state index contributed by atoms with van der Waals surface area (Å²) in [6, 6.07) is 19.4. The molecule has 5 heteroatoms. The summed E-state index contributed by atoms with van der Waals surface area (Å²) in [7, 11) is 1.65. The Balaban J connectivity index is 1.76. The van der Waals surface area contributed by atoms with Gasteiger partial charge >= 0.3 is 0 Å². The number of ether oxygens (including phenoxy) is 2. The van der Waals surface area contributed by atoms with Crippen LogP contribution in [0.2, 0.25) is 0 Å². The predicted molar refractivity (Wildman–Crippen MR) is 133 cm³/mol. The number of para-hydroxylation sites is 2. The van der Waals surface area contributed by atoms with E-state index in [9.17, 15) is 4.79 Å². The second-order valence-corrected chi connectivity index (χ2v) is 7.76. The number of allylic oxidation sites excluding steroid dienone is 1. The van der Waals surface area contributed by atoms with Gasteiger partial charge in [0.2, 0.25) is 5.91 Å². The standard InChI is InChI=1S/C28H27NO4/c1-5-32-26-16-27-22(23(17-33-27)20-11-7-9-13-25(20)31-4)15-21(26)19(3)14-28(30)29-24-12-8-6-10-18(24)2/h6-17H,5H2,1-4H3,(H,29,30)/b19-14+. The second-order valence-electron chi connectivity index (χ2n) is 7.76. The Labute approximate surface area is 193 Å². The Morgan fingerprint density at radius 1 is 1.03 bits per heavy atom. The molecule has 0 unspecified atom stereocenters. The van der Waals surface area contributed by atoms with Crippen molar-refractivity contribution in [2.24, 2.45) is 0 Å². The Morgan fingerprint density at radius 3 is 2.55 bits per heavy atom. The summed E-state index contributed by atoms with van der Waals surface area (Å²) < 4.78 is 17.3. The Hall–Kier alpha value is -3.99. The highest BCUT2D eigenvalue weighted by atomic mass is 16.5. The maximum atomic E-state index is 12.7. The third kappa shape index (κ3) is 4.62. The van der Waals surface area contributed by atoms with Gasteiger partial charge < -0.3 is 19.2 Å². The molecule has 0 fully saturated rings. The van der Waals surface area contributed by atoms with Crippen LogP contribution in [0.5, 0.6) is 11.5 Å². The smallest absolute Gasteiger partial charge is 0.248 e. The third-order valence-electron chi connectivity index (χ3n) is 5.55.